The molecule has 2 rings (SSSR count). The van der Waals surface area contributed by atoms with Crippen molar-refractivity contribution in [3.05, 3.63) is 59.7 Å². The largest absolute Gasteiger partial charge is 0.355 e. The number of carbonyl (C=O) groups is 2. The number of nitrogens with one attached hydrogen (secondary N) is 2. The number of benzene rings is 2. The first-order chi connectivity index (χ1) is 10.7. The van der Waals surface area contributed by atoms with Crippen molar-refractivity contribution in [2.24, 2.45) is 0 Å². The van der Waals surface area contributed by atoms with Gasteiger partial charge in [0.2, 0.25) is 0 Å². The summed E-state index contributed by atoms with van der Waals surface area (Å²) < 4.78 is 2.33. The van der Waals surface area contributed by atoms with Crippen LogP contribution in [0.4, 0.5) is 0 Å². The zero-order valence-corrected chi connectivity index (χ0v) is 14.2. The molecule has 0 heterocycles. The van der Waals surface area contributed by atoms with E-state index in [1.165, 1.54) is 21.6 Å². The van der Waals surface area contributed by atoms with Crippen LogP contribution in [0.3, 0.4) is 0 Å². The molecule has 2 N–H and O–H groups in total. The van der Waals surface area contributed by atoms with E-state index in [9.17, 15) is 9.59 Å². The van der Waals surface area contributed by atoms with Crippen LogP contribution in [0.25, 0.3) is 0 Å². The second-order valence-electron chi connectivity index (χ2n) is 4.18. The molecular formula is C15H14N2O2S3. The quantitative estimate of drug-likeness (QED) is 0.571. The zero-order chi connectivity index (χ0) is 15.9. The van der Waals surface area contributed by atoms with E-state index in [1.807, 2.05) is 30.3 Å². The van der Waals surface area contributed by atoms with Crippen molar-refractivity contribution in [2.45, 2.75) is 9.79 Å². The summed E-state index contributed by atoms with van der Waals surface area (Å²) in [7, 11) is 4.47. The van der Waals surface area contributed by atoms with Crippen LogP contribution in [0.15, 0.2) is 58.3 Å². The first-order valence-corrected chi connectivity index (χ1v) is 8.96. The summed E-state index contributed by atoms with van der Waals surface area (Å²) in [5.41, 5.74) is 1.16. The lowest BCUT2D eigenvalue weighted by Gasteiger charge is -2.09. The van der Waals surface area contributed by atoms with E-state index in [0.29, 0.717) is 11.1 Å². The van der Waals surface area contributed by atoms with Crippen molar-refractivity contribution >= 4 is 46.2 Å². The summed E-state index contributed by atoms with van der Waals surface area (Å²) in [4.78, 5) is 25.3. The Hall–Kier alpha value is -1.57. The normalized spacial score (nSPS) is 10.1. The summed E-state index contributed by atoms with van der Waals surface area (Å²) >= 11 is 3.80. The maximum absolute atomic E-state index is 11.9. The highest BCUT2D eigenvalue weighted by molar-refractivity contribution is 8.76. The van der Waals surface area contributed by atoms with Crippen molar-refractivity contribution < 1.29 is 9.59 Å². The smallest absolute Gasteiger partial charge is 0.262 e. The third-order valence-electron chi connectivity index (χ3n) is 2.81. The lowest BCUT2D eigenvalue weighted by Crippen LogP contribution is -2.18. The fourth-order valence-electron chi connectivity index (χ4n) is 1.74. The molecular weight excluding hydrogens is 336 g/mol. The predicted octanol–water partition coefficient (Wildman–Crippen LogP) is 3.42. The van der Waals surface area contributed by atoms with E-state index in [4.69, 9.17) is 0 Å². The number of hydrogen-bond acceptors (Lipinski definition) is 5. The predicted molar refractivity (Wildman–Crippen MR) is 94.4 cm³/mol. The molecule has 0 unspecified atom stereocenters. The molecule has 7 heteroatoms. The molecule has 0 saturated heterocycles. The van der Waals surface area contributed by atoms with E-state index in [1.54, 1.807) is 25.2 Å². The topological polar surface area (TPSA) is 58.2 Å². The van der Waals surface area contributed by atoms with E-state index in [-0.39, 0.29) is 11.8 Å². The van der Waals surface area contributed by atoms with E-state index < -0.39 is 0 Å². The van der Waals surface area contributed by atoms with Gasteiger partial charge < -0.3 is 5.32 Å². The van der Waals surface area contributed by atoms with Crippen molar-refractivity contribution in [1.29, 1.82) is 0 Å². The van der Waals surface area contributed by atoms with Crippen molar-refractivity contribution in [3.63, 3.8) is 0 Å². The minimum atomic E-state index is -0.258. The molecule has 0 spiro atoms. The van der Waals surface area contributed by atoms with Gasteiger partial charge >= 0.3 is 0 Å². The maximum Gasteiger partial charge on any atom is 0.262 e. The van der Waals surface area contributed by atoms with Gasteiger partial charge in [-0.25, -0.2) is 0 Å². The van der Waals surface area contributed by atoms with Gasteiger partial charge in [-0.05, 0) is 24.3 Å². The van der Waals surface area contributed by atoms with Crippen LogP contribution in [0.2, 0.25) is 0 Å². The Morgan fingerprint density at radius 2 is 1.32 bits per heavy atom. The molecule has 114 valence electrons. The van der Waals surface area contributed by atoms with Gasteiger partial charge in [-0.3, -0.25) is 14.3 Å². The molecule has 2 aromatic carbocycles. The molecule has 2 amide bonds. The highest BCUT2D eigenvalue weighted by Crippen LogP contribution is 2.40. The van der Waals surface area contributed by atoms with E-state index >= 15 is 0 Å². The molecule has 0 atom stereocenters. The fraction of sp³-hybridized carbons (Fsp3) is 0.0667. The minimum absolute atomic E-state index is 0.134. The number of thiol groups is 1. The Morgan fingerprint density at radius 1 is 0.864 bits per heavy atom. The average molecular weight is 350 g/mol. The molecule has 0 aliphatic heterocycles. The SMILES string of the molecule is CNC(=O)c1ccccc1SSc1ccccc1C(=O)NS. The number of amides is 2. The number of rotatable bonds is 5. The minimum Gasteiger partial charge on any atom is -0.355 e. The van der Waals surface area contributed by atoms with Gasteiger partial charge in [0, 0.05) is 16.8 Å². The Morgan fingerprint density at radius 3 is 1.77 bits per heavy atom. The van der Waals surface area contributed by atoms with Gasteiger partial charge in [0.25, 0.3) is 11.8 Å². The highest BCUT2D eigenvalue weighted by atomic mass is 33.1. The Labute approximate surface area is 142 Å². The zero-order valence-electron chi connectivity index (χ0n) is 11.7. The molecule has 0 aliphatic carbocycles. The molecule has 0 radical (unpaired) electrons. The van der Waals surface area contributed by atoms with Crippen LogP contribution in [0.1, 0.15) is 20.7 Å². The molecule has 0 bridgehead atoms. The fourth-order valence-corrected chi connectivity index (χ4v) is 4.22. The van der Waals surface area contributed by atoms with Crippen molar-refractivity contribution in [1.82, 2.24) is 10.0 Å². The summed E-state index contributed by atoms with van der Waals surface area (Å²) in [6.07, 6.45) is 0. The molecule has 0 aromatic heterocycles. The summed E-state index contributed by atoms with van der Waals surface area (Å²) in [6.45, 7) is 0. The standard InChI is InChI=1S/C15H14N2O2S3/c1-16-14(18)10-6-2-4-8-12(10)21-22-13-9-5-3-7-11(13)15(19)17-20/h2-9,20H,1H3,(H,16,18)(H,17,19). The molecule has 0 fully saturated rings. The molecule has 0 aliphatic rings. The van der Waals surface area contributed by atoms with Crippen LogP contribution < -0.4 is 10.0 Å². The Balaban J connectivity index is 2.21. The third-order valence-corrected chi connectivity index (χ3v) is 5.50. The second-order valence-corrected chi connectivity index (χ2v) is 6.62. The van der Waals surface area contributed by atoms with Gasteiger partial charge in [0.15, 0.2) is 0 Å². The van der Waals surface area contributed by atoms with Gasteiger partial charge in [-0.2, -0.15) is 0 Å². The van der Waals surface area contributed by atoms with Crippen LogP contribution in [0, 0.1) is 0 Å². The maximum atomic E-state index is 11.9. The van der Waals surface area contributed by atoms with Gasteiger partial charge in [0.1, 0.15) is 0 Å². The van der Waals surface area contributed by atoms with Crippen LogP contribution in [-0.2, 0) is 0 Å². The highest BCUT2D eigenvalue weighted by Gasteiger charge is 2.13. The van der Waals surface area contributed by atoms with E-state index in [0.717, 1.165) is 9.79 Å². The monoisotopic (exact) mass is 350 g/mol. The number of hydrogen-bond donors (Lipinski definition) is 3. The number of carbonyl (C=O) groups excluding carboxylic acids is 2. The lowest BCUT2D eigenvalue weighted by atomic mass is 10.2. The van der Waals surface area contributed by atoms with E-state index in [2.05, 4.69) is 22.9 Å². The Kier molecular flexibility index (Phi) is 6.23. The lowest BCUT2D eigenvalue weighted by molar-refractivity contribution is 0.0957. The Bertz CT molecular complexity index is 632. The molecule has 0 saturated carbocycles. The average Bonchev–Trinajstić information content (AvgIpc) is 2.59. The summed E-state index contributed by atoms with van der Waals surface area (Å²) in [5.74, 6) is -0.392. The third kappa shape index (κ3) is 4.00. The van der Waals surface area contributed by atoms with Crippen molar-refractivity contribution in [3.8, 4) is 0 Å². The van der Waals surface area contributed by atoms with Gasteiger partial charge in [-0.15, -0.1) is 0 Å². The molecule has 4 nitrogen and oxygen atoms in total. The molecule has 2 aromatic rings. The van der Waals surface area contributed by atoms with Crippen LogP contribution >= 0.6 is 34.4 Å². The van der Waals surface area contributed by atoms with Gasteiger partial charge in [-0.1, -0.05) is 58.7 Å². The first kappa shape index (κ1) is 16.8. The summed E-state index contributed by atoms with van der Waals surface area (Å²) in [5, 5.41) is 2.62. The van der Waals surface area contributed by atoms with Crippen LogP contribution in [-0.4, -0.2) is 18.9 Å². The molecule has 22 heavy (non-hydrogen) atoms. The summed E-state index contributed by atoms with van der Waals surface area (Å²) in [6, 6.07) is 14.6. The van der Waals surface area contributed by atoms with Gasteiger partial charge in [0.05, 0.1) is 11.1 Å². The first-order valence-electron chi connectivity index (χ1n) is 6.36. The second kappa shape index (κ2) is 8.17. The van der Waals surface area contributed by atoms with Crippen molar-refractivity contribution in [2.75, 3.05) is 7.05 Å². The van der Waals surface area contributed by atoms with Crippen LogP contribution in [0.5, 0.6) is 0 Å².